The Morgan fingerprint density at radius 1 is 1.10 bits per heavy atom. The number of carbonyl (C=O) groups is 1. The Kier molecular flexibility index (Phi) is 5.10. The molecular weight excluding hydrogens is 410 g/mol. The molecule has 0 aliphatic heterocycles. The molecule has 10 heteroatoms. The van der Waals surface area contributed by atoms with Gasteiger partial charge in [-0.2, -0.15) is 0 Å². The summed E-state index contributed by atoms with van der Waals surface area (Å²) in [4.78, 5) is 20.4. The summed E-state index contributed by atoms with van der Waals surface area (Å²) in [6.45, 7) is 0. The monoisotopic (exact) mass is 425 g/mol. The zero-order valence-corrected chi connectivity index (χ0v) is 16.5. The number of fused-ring (bicyclic) bond motifs is 1. The quantitative estimate of drug-likeness (QED) is 0.462. The Morgan fingerprint density at radius 2 is 1.93 bits per heavy atom. The minimum absolute atomic E-state index is 0.0759. The van der Waals surface area contributed by atoms with E-state index in [9.17, 15) is 13.2 Å². The number of carbonyl (C=O) groups excluding carboxylic acids is 1. The Bertz CT molecular complexity index is 1280. The van der Waals surface area contributed by atoms with Crippen LogP contribution in [0, 0.1) is 0 Å². The summed E-state index contributed by atoms with van der Waals surface area (Å²) in [5, 5.41) is 4.66. The second-order valence-corrected chi connectivity index (χ2v) is 8.48. The van der Waals surface area contributed by atoms with Crippen molar-refractivity contribution in [2.75, 3.05) is 10.0 Å². The third-order valence-electron chi connectivity index (χ3n) is 3.94. The van der Waals surface area contributed by atoms with Gasteiger partial charge >= 0.3 is 0 Å². The lowest BCUT2D eigenvalue weighted by Crippen LogP contribution is -2.13. The number of aromatic nitrogens is 3. The minimum Gasteiger partial charge on any atom is -0.323 e. The van der Waals surface area contributed by atoms with E-state index in [1.165, 1.54) is 47.9 Å². The van der Waals surface area contributed by atoms with Gasteiger partial charge in [0, 0.05) is 29.5 Å². The molecule has 0 saturated heterocycles. The van der Waals surface area contributed by atoms with Gasteiger partial charge in [0.2, 0.25) is 5.91 Å². The minimum atomic E-state index is -3.73. The van der Waals surface area contributed by atoms with Crippen LogP contribution in [0.3, 0.4) is 0 Å². The molecule has 0 fully saturated rings. The number of hydrogen-bond acceptors (Lipinski definition) is 6. The van der Waals surface area contributed by atoms with E-state index in [2.05, 4.69) is 20.0 Å². The molecule has 1 amide bonds. The molecule has 29 heavy (non-hydrogen) atoms. The molecule has 4 rings (SSSR count). The molecule has 8 nitrogen and oxygen atoms in total. The van der Waals surface area contributed by atoms with E-state index in [0.717, 1.165) is 11.3 Å². The number of nitrogens with one attached hydrogen (secondary N) is 2. The number of sulfonamides is 1. The van der Waals surface area contributed by atoms with Gasteiger partial charge in [-0.3, -0.25) is 9.52 Å². The van der Waals surface area contributed by atoms with Gasteiger partial charge in [-0.1, -0.05) is 6.07 Å². The average molecular weight is 425 g/mol. The molecule has 0 radical (unpaired) electrons. The lowest BCUT2D eigenvalue weighted by Gasteiger charge is -2.07. The van der Waals surface area contributed by atoms with Crippen molar-refractivity contribution in [2.24, 2.45) is 0 Å². The van der Waals surface area contributed by atoms with Crippen molar-refractivity contribution in [1.29, 1.82) is 0 Å². The first-order valence-electron chi connectivity index (χ1n) is 8.45. The molecular formula is C19H15N5O3S2. The van der Waals surface area contributed by atoms with Crippen LogP contribution in [-0.2, 0) is 14.8 Å². The SMILES string of the molecule is O=C(/C=C/c1cnc2ccccn12)Nc1ccc(S(=O)(=O)Nc2nccs2)cc1. The number of imidazole rings is 1. The third kappa shape index (κ3) is 4.33. The molecule has 146 valence electrons. The van der Waals surface area contributed by atoms with Crippen molar-refractivity contribution in [3.8, 4) is 0 Å². The number of hydrogen-bond donors (Lipinski definition) is 2. The highest BCUT2D eigenvalue weighted by atomic mass is 32.2. The Balaban J connectivity index is 1.42. The lowest BCUT2D eigenvalue weighted by atomic mass is 10.3. The zero-order chi connectivity index (χ0) is 20.3. The Morgan fingerprint density at radius 3 is 2.69 bits per heavy atom. The number of benzene rings is 1. The summed E-state index contributed by atoms with van der Waals surface area (Å²) < 4.78 is 28.9. The van der Waals surface area contributed by atoms with Crippen LogP contribution in [0.1, 0.15) is 5.69 Å². The van der Waals surface area contributed by atoms with Crippen molar-refractivity contribution in [1.82, 2.24) is 14.4 Å². The van der Waals surface area contributed by atoms with Gasteiger partial charge in [-0.25, -0.2) is 18.4 Å². The third-order valence-corrected chi connectivity index (χ3v) is 6.11. The van der Waals surface area contributed by atoms with E-state index in [4.69, 9.17) is 0 Å². The van der Waals surface area contributed by atoms with Crippen LogP contribution in [0.2, 0.25) is 0 Å². The van der Waals surface area contributed by atoms with Crippen LogP contribution < -0.4 is 10.0 Å². The summed E-state index contributed by atoms with van der Waals surface area (Å²) >= 11 is 1.19. The number of amides is 1. The normalized spacial score (nSPS) is 11.7. The van der Waals surface area contributed by atoms with Crippen molar-refractivity contribution in [2.45, 2.75) is 4.90 Å². The molecule has 0 unspecified atom stereocenters. The summed E-state index contributed by atoms with van der Waals surface area (Å²) in [6.07, 6.45) is 8.10. The maximum absolute atomic E-state index is 12.3. The highest BCUT2D eigenvalue weighted by molar-refractivity contribution is 7.93. The molecule has 3 heterocycles. The molecule has 0 aliphatic carbocycles. The topological polar surface area (TPSA) is 105 Å². The van der Waals surface area contributed by atoms with Crippen LogP contribution in [0.25, 0.3) is 11.7 Å². The van der Waals surface area contributed by atoms with Crippen LogP contribution in [0.5, 0.6) is 0 Å². The second-order valence-electron chi connectivity index (χ2n) is 5.90. The number of anilines is 2. The second kappa shape index (κ2) is 7.86. The molecule has 0 spiro atoms. The molecule has 0 saturated carbocycles. The van der Waals surface area contributed by atoms with Crippen LogP contribution in [0.15, 0.2) is 77.4 Å². The highest BCUT2D eigenvalue weighted by Gasteiger charge is 2.15. The lowest BCUT2D eigenvalue weighted by molar-refractivity contribution is -0.111. The van der Waals surface area contributed by atoms with E-state index < -0.39 is 10.0 Å². The fourth-order valence-corrected chi connectivity index (χ4v) is 4.37. The van der Waals surface area contributed by atoms with E-state index in [1.807, 2.05) is 28.8 Å². The molecule has 0 bridgehead atoms. The molecule has 0 aliphatic rings. The van der Waals surface area contributed by atoms with Gasteiger partial charge in [0.05, 0.1) is 16.8 Å². The van der Waals surface area contributed by atoms with Crippen LogP contribution in [-0.4, -0.2) is 28.7 Å². The number of nitrogens with zero attached hydrogens (tertiary/aromatic N) is 3. The molecule has 1 aromatic carbocycles. The van der Waals surface area contributed by atoms with Crippen molar-refractivity contribution >= 4 is 49.8 Å². The molecule has 4 aromatic rings. The first kappa shape index (κ1) is 18.8. The van der Waals surface area contributed by atoms with Gasteiger partial charge in [-0.05, 0) is 42.5 Å². The van der Waals surface area contributed by atoms with Gasteiger partial charge < -0.3 is 9.72 Å². The van der Waals surface area contributed by atoms with Crippen LogP contribution >= 0.6 is 11.3 Å². The molecule has 0 atom stereocenters. The Hall–Kier alpha value is -3.50. The summed E-state index contributed by atoms with van der Waals surface area (Å²) in [6, 6.07) is 11.5. The number of pyridine rings is 1. The average Bonchev–Trinajstić information content (AvgIpc) is 3.36. The van der Waals surface area contributed by atoms with Gasteiger partial charge in [0.1, 0.15) is 5.65 Å². The fraction of sp³-hybridized carbons (Fsp3) is 0. The zero-order valence-electron chi connectivity index (χ0n) is 14.9. The molecule has 2 N–H and O–H groups in total. The van der Waals surface area contributed by atoms with Crippen molar-refractivity contribution < 1.29 is 13.2 Å². The maximum atomic E-state index is 12.3. The summed E-state index contributed by atoms with van der Waals surface area (Å²) in [5.41, 5.74) is 2.03. The summed E-state index contributed by atoms with van der Waals surface area (Å²) in [7, 11) is -3.73. The van der Waals surface area contributed by atoms with Gasteiger partial charge in [-0.15, -0.1) is 11.3 Å². The first-order valence-corrected chi connectivity index (χ1v) is 10.8. The summed E-state index contributed by atoms with van der Waals surface area (Å²) in [5.74, 6) is -0.340. The predicted octanol–water partition coefficient (Wildman–Crippen LogP) is 3.24. The van der Waals surface area contributed by atoms with Gasteiger partial charge in [0.15, 0.2) is 5.13 Å². The first-order chi connectivity index (χ1) is 14.0. The maximum Gasteiger partial charge on any atom is 0.263 e. The highest BCUT2D eigenvalue weighted by Crippen LogP contribution is 2.19. The van der Waals surface area contributed by atoms with E-state index >= 15 is 0 Å². The van der Waals surface area contributed by atoms with E-state index in [1.54, 1.807) is 17.7 Å². The fourth-order valence-electron chi connectivity index (χ4n) is 2.59. The predicted molar refractivity (Wildman–Crippen MR) is 112 cm³/mol. The van der Waals surface area contributed by atoms with E-state index in [-0.39, 0.29) is 10.8 Å². The van der Waals surface area contributed by atoms with E-state index in [0.29, 0.717) is 10.8 Å². The van der Waals surface area contributed by atoms with Crippen molar-refractivity contribution in [3.05, 3.63) is 78.2 Å². The number of thiazole rings is 1. The standard InChI is InChI=1S/C19H15N5O3S2/c25-18(9-6-15-13-21-17-3-1-2-11-24(15)17)22-14-4-7-16(8-5-14)29(26,27)23-19-20-10-12-28-19/h1-13H,(H,20,23)(H,22,25)/b9-6+. The van der Waals surface area contributed by atoms with Crippen LogP contribution in [0.4, 0.5) is 10.8 Å². The number of rotatable bonds is 6. The van der Waals surface area contributed by atoms with Gasteiger partial charge in [0.25, 0.3) is 10.0 Å². The largest absolute Gasteiger partial charge is 0.323 e. The molecule has 3 aromatic heterocycles. The smallest absolute Gasteiger partial charge is 0.263 e. The van der Waals surface area contributed by atoms with Crippen molar-refractivity contribution in [3.63, 3.8) is 0 Å². The Labute approximate surface area is 170 Å².